The molecule has 0 aromatic rings. The van der Waals surface area contributed by atoms with Gasteiger partial charge in [0.15, 0.2) is 5.78 Å². The molecule has 0 bridgehead atoms. The van der Waals surface area contributed by atoms with Gasteiger partial charge in [0.05, 0.1) is 25.2 Å². The van der Waals surface area contributed by atoms with Gasteiger partial charge in [0.25, 0.3) is 0 Å². The number of ketones is 1. The van der Waals surface area contributed by atoms with Gasteiger partial charge in [0, 0.05) is 19.5 Å². The molecule has 3 nitrogen and oxygen atoms in total. The number of nitrogens with zero attached hydrogens (tertiary/aromatic N) is 1. The molecule has 0 aromatic heterocycles. The van der Waals surface area contributed by atoms with Crippen LogP contribution in [0.2, 0.25) is 0 Å². The van der Waals surface area contributed by atoms with Crippen molar-refractivity contribution < 1.29 is 22.7 Å². The van der Waals surface area contributed by atoms with Gasteiger partial charge in [-0.1, -0.05) is 0 Å². The molecule has 1 aliphatic rings. The Kier molecular flexibility index (Phi) is 4.55. The molecule has 0 aromatic carbocycles. The van der Waals surface area contributed by atoms with Crippen LogP contribution in [0.5, 0.6) is 0 Å². The maximum atomic E-state index is 12.1. The summed E-state index contributed by atoms with van der Waals surface area (Å²) in [4.78, 5) is 13.7. The first-order valence-corrected chi connectivity index (χ1v) is 5.66. The monoisotopic (exact) mass is 253 g/mol. The van der Waals surface area contributed by atoms with Crippen LogP contribution in [-0.4, -0.2) is 48.7 Å². The molecule has 1 aliphatic heterocycles. The van der Waals surface area contributed by atoms with E-state index in [0.717, 1.165) is 0 Å². The number of carbonyl (C=O) groups is 1. The standard InChI is InChI=1S/C11H18F3NO2/c1-10(2,15-5-7-17-8-6-15)9(16)3-4-11(12,13)14/h3-8H2,1-2H3. The van der Waals surface area contributed by atoms with Crippen LogP contribution in [0.15, 0.2) is 0 Å². The third kappa shape index (κ3) is 4.27. The predicted octanol–water partition coefficient (Wildman–Crippen LogP) is 2.01. The van der Waals surface area contributed by atoms with Gasteiger partial charge in [-0.25, -0.2) is 0 Å². The smallest absolute Gasteiger partial charge is 0.379 e. The SMILES string of the molecule is CC(C)(C(=O)CCC(F)(F)F)N1CCOCC1. The molecule has 100 valence electrons. The highest BCUT2D eigenvalue weighted by atomic mass is 19.4. The molecule has 1 fully saturated rings. The summed E-state index contributed by atoms with van der Waals surface area (Å²) in [5, 5.41) is 0. The van der Waals surface area contributed by atoms with E-state index in [4.69, 9.17) is 4.74 Å². The fourth-order valence-electron chi connectivity index (χ4n) is 1.86. The molecule has 0 spiro atoms. The molecule has 0 aliphatic carbocycles. The average Bonchev–Trinajstić information content (AvgIpc) is 2.26. The Morgan fingerprint density at radius 1 is 1.24 bits per heavy atom. The largest absolute Gasteiger partial charge is 0.389 e. The third-order valence-electron chi connectivity index (χ3n) is 3.12. The summed E-state index contributed by atoms with van der Waals surface area (Å²) in [7, 11) is 0. The zero-order valence-corrected chi connectivity index (χ0v) is 10.1. The summed E-state index contributed by atoms with van der Waals surface area (Å²) in [6, 6.07) is 0. The average molecular weight is 253 g/mol. The number of hydrogen-bond donors (Lipinski definition) is 0. The van der Waals surface area contributed by atoms with Gasteiger partial charge in [0.2, 0.25) is 0 Å². The van der Waals surface area contributed by atoms with E-state index < -0.39 is 24.6 Å². The molecule has 1 saturated heterocycles. The molecule has 17 heavy (non-hydrogen) atoms. The second kappa shape index (κ2) is 5.35. The lowest BCUT2D eigenvalue weighted by Crippen LogP contribution is -2.54. The maximum Gasteiger partial charge on any atom is 0.389 e. The molecule has 0 amide bonds. The molecule has 1 heterocycles. The molecular weight excluding hydrogens is 235 g/mol. The molecule has 6 heteroatoms. The number of alkyl halides is 3. The van der Waals surface area contributed by atoms with Gasteiger partial charge in [0.1, 0.15) is 0 Å². The summed E-state index contributed by atoms with van der Waals surface area (Å²) in [6.45, 7) is 5.58. The van der Waals surface area contributed by atoms with Crippen molar-refractivity contribution in [1.82, 2.24) is 4.90 Å². The Balaban J connectivity index is 2.53. The molecule has 0 saturated carbocycles. The third-order valence-corrected chi connectivity index (χ3v) is 3.12. The van der Waals surface area contributed by atoms with Crippen LogP contribution in [0.25, 0.3) is 0 Å². The molecule has 0 unspecified atom stereocenters. The Labute approximate surface area is 98.9 Å². The van der Waals surface area contributed by atoms with Gasteiger partial charge >= 0.3 is 6.18 Å². The maximum absolute atomic E-state index is 12.1. The minimum Gasteiger partial charge on any atom is -0.379 e. The highest BCUT2D eigenvalue weighted by Crippen LogP contribution is 2.25. The Bertz CT molecular complexity index is 270. The van der Waals surface area contributed by atoms with E-state index >= 15 is 0 Å². The second-order valence-corrected chi connectivity index (χ2v) is 4.70. The van der Waals surface area contributed by atoms with Crippen molar-refractivity contribution in [3.05, 3.63) is 0 Å². The van der Waals surface area contributed by atoms with Crippen LogP contribution >= 0.6 is 0 Å². The lowest BCUT2D eigenvalue weighted by molar-refractivity contribution is -0.149. The Morgan fingerprint density at radius 3 is 2.24 bits per heavy atom. The number of rotatable bonds is 4. The van der Waals surface area contributed by atoms with Crippen LogP contribution in [0.4, 0.5) is 13.2 Å². The number of carbonyl (C=O) groups excluding carboxylic acids is 1. The molecule has 1 rings (SSSR count). The van der Waals surface area contributed by atoms with Gasteiger partial charge in [-0.3, -0.25) is 9.69 Å². The van der Waals surface area contributed by atoms with Crippen LogP contribution in [0, 0.1) is 0 Å². The lowest BCUT2D eigenvalue weighted by atomic mass is 9.93. The van der Waals surface area contributed by atoms with E-state index in [1.807, 2.05) is 4.90 Å². The minimum absolute atomic E-state index is 0.364. The molecule has 0 radical (unpaired) electrons. The normalized spacial score (nSPS) is 19.4. The summed E-state index contributed by atoms with van der Waals surface area (Å²) < 4.78 is 41.3. The van der Waals surface area contributed by atoms with E-state index in [-0.39, 0.29) is 5.78 Å². The quantitative estimate of drug-likeness (QED) is 0.767. The number of halogens is 3. The van der Waals surface area contributed by atoms with Crippen molar-refractivity contribution in [2.24, 2.45) is 0 Å². The van der Waals surface area contributed by atoms with Crippen molar-refractivity contribution in [3.63, 3.8) is 0 Å². The highest BCUT2D eigenvalue weighted by Gasteiger charge is 2.37. The van der Waals surface area contributed by atoms with Gasteiger partial charge in [-0.05, 0) is 13.8 Å². The van der Waals surface area contributed by atoms with Gasteiger partial charge in [-0.2, -0.15) is 13.2 Å². The van der Waals surface area contributed by atoms with Crippen molar-refractivity contribution >= 4 is 5.78 Å². The second-order valence-electron chi connectivity index (χ2n) is 4.70. The number of ether oxygens (including phenoxy) is 1. The van der Waals surface area contributed by atoms with Crippen molar-refractivity contribution in [3.8, 4) is 0 Å². The van der Waals surface area contributed by atoms with Gasteiger partial charge < -0.3 is 4.74 Å². The van der Waals surface area contributed by atoms with Crippen molar-refractivity contribution in [2.75, 3.05) is 26.3 Å². The first kappa shape index (κ1) is 14.4. The lowest BCUT2D eigenvalue weighted by Gasteiger charge is -2.39. The summed E-state index contributed by atoms with van der Waals surface area (Å²) in [6.07, 6.45) is -5.76. The predicted molar refractivity (Wildman–Crippen MR) is 56.8 cm³/mol. The van der Waals surface area contributed by atoms with E-state index in [0.29, 0.717) is 26.3 Å². The van der Waals surface area contributed by atoms with Crippen molar-refractivity contribution in [1.29, 1.82) is 0 Å². The Morgan fingerprint density at radius 2 is 1.76 bits per heavy atom. The highest BCUT2D eigenvalue weighted by molar-refractivity contribution is 5.87. The summed E-state index contributed by atoms with van der Waals surface area (Å²) in [5.41, 5.74) is -0.838. The summed E-state index contributed by atoms with van der Waals surface area (Å²) in [5.74, 6) is -0.364. The molecule has 0 N–H and O–H groups in total. The molecular formula is C11H18F3NO2. The van der Waals surface area contributed by atoms with E-state index in [1.165, 1.54) is 0 Å². The van der Waals surface area contributed by atoms with E-state index in [1.54, 1.807) is 13.8 Å². The fraction of sp³-hybridized carbons (Fsp3) is 0.909. The van der Waals surface area contributed by atoms with Gasteiger partial charge in [-0.15, -0.1) is 0 Å². The number of hydrogen-bond acceptors (Lipinski definition) is 3. The minimum atomic E-state index is -4.27. The first-order chi connectivity index (χ1) is 7.73. The zero-order valence-electron chi connectivity index (χ0n) is 10.1. The van der Waals surface area contributed by atoms with E-state index in [9.17, 15) is 18.0 Å². The molecule has 0 atom stereocenters. The first-order valence-electron chi connectivity index (χ1n) is 5.66. The number of morpholine rings is 1. The van der Waals surface area contributed by atoms with Crippen LogP contribution in [0.1, 0.15) is 26.7 Å². The number of Topliss-reactive ketones (excluding diaryl/α,β-unsaturated/α-hetero) is 1. The summed E-state index contributed by atoms with van der Waals surface area (Å²) >= 11 is 0. The fourth-order valence-corrected chi connectivity index (χ4v) is 1.86. The van der Waals surface area contributed by atoms with E-state index in [2.05, 4.69) is 0 Å². The van der Waals surface area contributed by atoms with Crippen LogP contribution in [-0.2, 0) is 9.53 Å². The Hall–Kier alpha value is -0.620. The van der Waals surface area contributed by atoms with Crippen molar-refractivity contribution in [2.45, 2.75) is 38.4 Å². The zero-order chi connectivity index (χ0) is 13.1. The van der Waals surface area contributed by atoms with Crippen LogP contribution < -0.4 is 0 Å². The van der Waals surface area contributed by atoms with Crippen LogP contribution in [0.3, 0.4) is 0 Å². The topological polar surface area (TPSA) is 29.5 Å².